The zero-order chi connectivity index (χ0) is 16.8. The molecule has 1 aromatic rings. The van der Waals surface area contributed by atoms with Crippen LogP contribution in [0.2, 0.25) is 0 Å². The Labute approximate surface area is 124 Å². The zero-order valence-electron chi connectivity index (χ0n) is 11.3. The Morgan fingerprint density at radius 1 is 1.18 bits per heavy atom. The molecule has 8 heteroatoms. The molecule has 0 bridgehead atoms. The van der Waals surface area contributed by atoms with Gasteiger partial charge in [0, 0.05) is 0 Å². The standard InChI is InChI=1S/C14H9F3N4O/c1-2-22-13-4-3-10(14(15,16)17)5-11(13)21-12(8-20)9(6-18)7-19/h3-5,21H,2H2,1H3. The third kappa shape index (κ3) is 3.91. The maximum absolute atomic E-state index is 12.7. The maximum atomic E-state index is 12.7. The number of halogens is 3. The summed E-state index contributed by atoms with van der Waals surface area (Å²) in [5.74, 6) is 0.0680. The lowest BCUT2D eigenvalue weighted by atomic mass is 10.1. The van der Waals surface area contributed by atoms with E-state index >= 15 is 0 Å². The molecule has 0 atom stereocenters. The van der Waals surface area contributed by atoms with Crippen LogP contribution in [0, 0.1) is 34.0 Å². The van der Waals surface area contributed by atoms with Crippen molar-refractivity contribution < 1.29 is 17.9 Å². The van der Waals surface area contributed by atoms with Crippen LogP contribution < -0.4 is 10.1 Å². The van der Waals surface area contributed by atoms with Crippen molar-refractivity contribution in [3.8, 4) is 24.0 Å². The third-order valence-electron chi connectivity index (χ3n) is 2.45. The van der Waals surface area contributed by atoms with Crippen molar-refractivity contribution in [2.24, 2.45) is 0 Å². The van der Waals surface area contributed by atoms with E-state index in [2.05, 4.69) is 5.32 Å². The second-order valence-corrected chi connectivity index (χ2v) is 3.85. The number of hydrogen-bond donors (Lipinski definition) is 1. The van der Waals surface area contributed by atoms with Gasteiger partial charge in [-0.3, -0.25) is 0 Å². The number of hydrogen-bond acceptors (Lipinski definition) is 5. The van der Waals surface area contributed by atoms with E-state index < -0.39 is 23.0 Å². The first-order valence-corrected chi connectivity index (χ1v) is 5.93. The molecule has 0 spiro atoms. The molecule has 0 radical (unpaired) electrons. The monoisotopic (exact) mass is 306 g/mol. The minimum absolute atomic E-state index is 0.0680. The van der Waals surface area contributed by atoms with E-state index in [4.69, 9.17) is 20.5 Å². The van der Waals surface area contributed by atoms with E-state index in [0.29, 0.717) is 0 Å². The summed E-state index contributed by atoms with van der Waals surface area (Å²) in [4.78, 5) is 0. The normalized spacial score (nSPS) is 9.86. The summed E-state index contributed by atoms with van der Waals surface area (Å²) in [6.07, 6.45) is -4.58. The van der Waals surface area contributed by atoms with Crippen LogP contribution in [0.4, 0.5) is 18.9 Å². The fraction of sp³-hybridized carbons (Fsp3) is 0.214. The van der Waals surface area contributed by atoms with E-state index in [9.17, 15) is 13.2 Å². The largest absolute Gasteiger partial charge is 0.492 e. The van der Waals surface area contributed by atoms with Gasteiger partial charge in [-0.25, -0.2) is 0 Å². The van der Waals surface area contributed by atoms with Gasteiger partial charge in [0.15, 0.2) is 5.57 Å². The molecule has 0 aliphatic rings. The highest BCUT2D eigenvalue weighted by Crippen LogP contribution is 2.35. The number of allylic oxidation sites excluding steroid dienone is 2. The highest BCUT2D eigenvalue weighted by molar-refractivity contribution is 5.65. The van der Waals surface area contributed by atoms with E-state index in [1.54, 1.807) is 13.0 Å². The van der Waals surface area contributed by atoms with E-state index in [1.807, 2.05) is 0 Å². The number of rotatable bonds is 4. The molecule has 0 aromatic heterocycles. The van der Waals surface area contributed by atoms with Gasteiger partial charge in [0.25, 0.3) is 0 Å². The number of benzene rings is 1. The molecule has 0 saturated heterocycles. The fourth-order valence-corrected chi connectivity index (χ4v) is 1.50. The fourth-order valence-electron chi connectivity index (χ4n) is 1.50. The van der Waals surface area contributed by atoms with Crippen molar-refractivity contribution in [1.29, 1.82) is 15.8 Å². The number of anilines is 1. The summed E-state index contributed by atoms with van der Waals surface area (Å²) < 4.78 is 43.4. The average Bonchev–Trinajstić information content (AvgIpc) is 2.48. The molecule has 0 amide bonds. The Hall–Kier alpha value is -3.18. The van der Waals surface area contributed by atoms with Gasteiger partial charge in [-0.2, -0.15) is 29.0 Å². The first kappa shape index (κ1) is 16.9. The van der Waals surface area contributed by atoms with Gasteiger partial charge in [0.1, 0.15) is 29.7 Å². The minimum Gasteiger partial charge on any atom is -0.492 e. The SMILES string of the molecule is CCOc1ccc(C(F)(F)F)cc1NC(C#N)=C(C#N)C#N. The Morgan fingerprint density at radius 2 is 1.82 bits per heavy atom. The smallest absolute Gasteiger partial charge is 0.416 e. The molecule has 0 aliphatic heterocycles. The molecule has 0 saturated carbocycles. The summed E-state index contributed by atoms with van der Waals surface area (Å²) in [5, 5.41) is 28.7. The molecule has 1 aromatic carbocycles. The molecule has 5 nitrogen and oxygen atoms in total. The average molecular weight is 306 g/mol. The van der Waals surface area contributed by atoms with Crippen LogP contribution in [-0.4, -0.2) is 6.61 Å². The molecule has 0 fully saturated rings. The number of nitrogens with zero attached hydrogens (tertiary/aromatic N) is 3. The molecule has 0 unspecified atom stereocenters. The third-order valence-corrected chi connectivity index (χ3v) is 2.45. The van der Waals surface area contributed by atoms with Crippen LogP contribution in [0.5, 0.6) is 5.75 Å². The molecular weight excluding hydrogens is 297 g/mol. The summed E-state index contributed by atoms with van der Waals surface area (Å²) in [5.41, 5.74) is -2.10. The number of nitrogens with one attached hydrogen (secondary N) is 1. The van der Waals surface area contributed by atoms with Crippen molar-refractivity contribution in [3.05, 3.63) is 35.0 Å². The van der Waals surface area contributed by atoms with Crippen LogP contribution >= 0.6 is 0 Å². The van der Waals surface area contributed by atoms with Crippen molar-refractivity contribution in [2.75, 3.05) is 11.9 Å². The van der Waals surface area contributed by atoms with E-state index in [-0.39, 0.29) is 18.0 Å². The second-order valence-electron chi connectivity index (χ2n) is 3.85. The van der Waals surface area contributed by atoms with Crippen LogP contribution in [0.15, 0.2) is 29.5 Å². The van der Waals surface area contributed by atoms with Crippen molar-refractivity contribution in [3.63, 3.8) is 0 Å². The van der Waals surface area contributed by atoms with Crippen molar-refractivity contribution in [2.45, 2.75) is 13.1 Å². The van der Waals surface area contributed by atoms with Crippen LogP contribution in [0.25, 0.3) is 0 Å². The van der Waals surface area contributed by atoms with Gasteiger partial charge >= 0.3 is 6.18 Å². The predicted molar refractivity (Wildman–Crippen MR) is 70.1 cm³/mol. The topological polar surface area (TPSA) is 92.6 Å². The van der Waals surface area contributed by atoms with Crippen LogP contribution in [-0.2, 0) is 6.18 Å². The molecular formula is C14H9F3N4O. The molecule has 22 heavy (non-hydrogen) atoms. The Bertz CT molecular complexity index is 702. The molecule has 1 N–H and O–H groups in total. The van der Waals surface area contributed by atoms with Gasteiger partial charge in [0.05, 0.1) is 17.9 Å². The van der Waals surface area contributed by atoms with Gasteiger partial charge in [0.2, 0.25) is 0 Å². The lowest BCUT2D eigenvalue weighted by Gasteiger charge is -2.14. The van der Waals surface area contributed by atoms with E-state index in [0.717, 1.165) is 18.2 Å². The molecule has 0 heterocycles. The number of alkyl halides is 3. The summed E-state index contributed by atoms with van der Waals surface area (Å²) in [6.45, 7) is 1.83. The molecule has 1 rings (SSSR count). The second kappa shape index (κ2) is 7.01. The molecule has 0 aliphatic carbocycles. The van der Waals surface area contributed by atoms with Gasteiger partial charge in [-0.15, -0.1) is 0 Å². The maximum Gasteiger partial charge on any atom is 0.416 e. The minimum atomic E-state index is -4.58. The van der Waals surface area contributed by atoms with Crippen LogP contribution in [0.1, 0.15) is 12.5 Å². The highest BCUT2D eigenvalue weighted by Gasteiger charge is 2.31. The highest BCUT2D eigenvalue weighted by atomic mass is 19.4. The number of nitriles is 3. The van der Waals surface area contributed by atoms with Crippen molar-refractivity contribution in [1.82, 2.24) is 0 Å². The lowest BCUT2D eigenvalue weighted by molar-refractivity contribution is -0.137. The zero-order valence-corrected chi connectivity index (χ0v) is 11.3. The summed E-state index contributed by atoms with van der Waals surface area (Å²) >= 11 is 0. The predicted octanol–water partition coefficient (Wildman–Crippen LogP) is 3.34. The van der Waals surface area contributed by atoms with E-state index in [1.165, 1.54) is 12.1 Å². The lowest BCUT2D eigenvalue weighted by Crippen LogP contribution is -2.08. The van der Waals surface area contributed by atoms with Gasteiger partial charge in [-0.05, 0) is 25.1 Å². The Balaban J connectivity index is 3.38. The van der Waals surface area contributed by atoms with Crippen molar-refractivity contribution >= 4 is 5.69 Å². The summed E-state index contributed by atoms with van der Waals surface area (Å²) in [6, 6.07) is 7.23. The Morgan fingerprint density at radius 3 is 2.27 bits per heavy atom. The van der Waals surface area contributed by atoms with Crippen LogP contribution in [0.3, 0.4) is 0 Å². The van der Waals surface area contributed by atoms with Gasteiger partial charge in [-0.1, -0.05) is 0 Å². The first-order valence-electron chi connectivity index (χ1n) is 5.93. The summed E-state index contributed by atoms with van der Waals surface area (Å²) in [7, 11) is 0. The first-order chi connectivity index (χ1) is 10.4. The Kier molecular flexibility index (Phi) is 5.38. The number of ether oxygens (including phenoxy) is 1. The quantitative estimate of drug-likeness (QED) is 0.861. The van der Waals surface area contributed by atoms with Gasteiger partial charge < -0.3 is 10.1 Å². The molecule has 112 valence electrons.